The topological polar surface area (TPSA) is 68.2 Å². The molecule has 0 aliphatic rings. The summed E-state index contributed by atoms with van der Waals surface area (Å²) in [5, 5.41) is 16.2. The lowest BCUT2D eigenvalue weighted by molar-refractivity contribution is -0.131. The summed E-state index contributed by atoms with van der Waals surface area (Å²) in [6.07, 6.45) is 4.59. The molecule has 0 bridgehead atoms. The maximum atomic E-state index is 8.09. The first-order valence-electron chi connectivity index (χ1n) is 7.25. The fourth-order valence-electron chi connectivity index (χ4n) is 1.07. The smallest absolute Gasteiger partial charge is 0.154 e. The van der Waals surface area contributed by atoms with E-state index in [9.17, 15) is 0 Å². The summed E-state index contributed by atoms with van der Waals surface area (Å²) < 4.78 is 15.4. The van der Waals surface area contributed by atoms with Crippen molar-refractivity contribution < 1.29 is 24.4 Å². The molecule has 0 aliphatic carbocycles. The van der Waals surface area contributed by atoms with Crippen molar-refractivity contribution >= 4 is 0 Å². The van der Waals surface area contributed by atoms with Crippen molar-refractivity contribution in [2.24, 2.45) is 0 Å². The molecule has 0 saturated carbocycles. The molecule has 0 fully saturated rings. The molecule has 5 nitrogen and oxygen atoms in total. The fraction of sp³-hybridized carbons (Fsp3) is 1.00. The zero-order chi connectivity index (χ0) is 14.8. The van der Waals surface area contributed by atoms with Gasteiger partial charge in [0.1, 0.15) is 0 Å². The minimum Gasteiger partial charge on any atom is -0.394 e. The zero-order valence-electron chi connectivity index (χ0n) is 12.8. The van der Waals surface area contributed by atoms with Crippen LogP contribution in [0.1, 0.15) is 46.5 Å². The van der Waals surface area contributed by atoms with Crippen LogP contribution >= 0.6 is 0 Å². The molecule has 19 heavy (non-hydrogen) atoms. The van der Waals surface area contributed by atoms with Gasteiger partial charge in [0.2, 0.25) is 0 Å². The summed E-state index contributed by atoms with van der Waals surface area (Å²) >= 11 is 0. The first-order chi connectivity index (χ1) is 9.22. The van der Waals surface area contributed by atoms with Crippen LogP contribution in [0.4, 0.5) is 0 Å². The van der Waals surface area contributed by atoms with Crippen molar-refractivity contribution in [1.82, 2.24) is 0 Å². The van der Waals surface area contributed by atoms with Gasteiger partial charge in [-0.3, -0.25) is 0 Å². The number of hydrogen-bond acceptors (Lipinski definition) is 5. The third-order valence-electron chi connectivity index (χ3n) is 2.17. The molecule has 0 aromatic rings. The number of hydrogen-bond donors (Lipinski definition) is 2. The van der Waals surface area contributed by atoms with Gasteiger partial charge in [0, 0.05) is 13.2 Å². The molecule has 0 unspecified atom stereocenters. The molecular weight excluding hydrogens is 248 g/mol. The monoisotopic (exact) mass is 280 g/mol. The molecular formula is C14H32O5. The van der Waals surface area contributed by atoms with E-state index in [2.05, 4.69) is 18.6 Å². The third kappa shape index (κ3) is 23.3. The van der Waals surface area contributed by atoms with Crippen LogP contribution in [0.15, 0.2) is 0 Å². The van der Waals surface area contributed by atoms with E-state index in [1.165, 1.54) is 12.8 Å². The van der Waals surface area contributed by atoms with Crippen molar-refractivity contribution in [2.45, 2.75) is 52.7 Å². The summed E-state index contributed by atoms with van der Waals surface area (Å²) in [7, 11) is 0. The van der Waals surface area contributed by atoms with E-state index in [4.69, 9.17) is 19.7 Å². The number of unbranched alkanes of at least 4 members (excludes halogenated alkanes) is 2. The highest BCUT2D eigenvalue weighted by Crippen LogP contribution is 1.98. The highest BCUT2D eigenvalue weighted by molar-refractivity contribution is 4.37. The van der Waals surface area contributed by atoms with Gasteiger partial charge in [0.05, 0.1) is 26.4 Å². The van der Waals surface area contributed by atoms with Gasteiger partial charge in [-0.25, -0.2) is 0 Å². The Hall–Kier alpha value is -0.200. The number of aliphatic hydroxyl groups is 2. The van der Waals surface area contributed by atoms with E-state index in [1.807, 2.05) is 6.92 Å². The Kier molecular flexibility index (Phi) is 22.4. The maximum absolute atomic E-state index is 8.09. The first-order valence-corrected chi connectivity index (χ1v) is 7.25. The SMILES string of the molecule is CCCCOC(C)OCCCC.OCCOCCO. The van der Waals surface area contributed by atoms with Gasteiger partial charge < -0.3 is 24.4 Å². The molecule has 118 valence electrons. The minimum absolute atomic E-state index is 0.0249. The minimum atomic E-state index is -0.0249. The van der Waals surface area contributed by atoms with Gasteiger partial charge in [0.15, 0.2) is 6.29 Å². The van der Waals surface area contributed by atoms with Crippen molar-refractivity contribution in [3.05, 3.63) is 0 Å². The lowest BCUT2D eigenvalue weighted by Crippen LogP contribution is -2.14. The van der Waals surface area contributed by atoms with Gasteiger partial charge in [0.25, 0.3) is 0 Å². The maximum Gasteiger partial charge on any atom is 0.154 e. The summed E-state index contributed by atoms with van der Waals surface area (Å²) in [5.74, 6) is 0. The molecule has 0 aliphatic heterocycles. The van der Waals surface area contributed by atoms with Crippen LogP contribution in [0.25, 0.3) is 0 Å². The molecule has 0 aromatic heterocycles. The summed E-state index contributed by atoms with van der Waals surface area (Å²) in [6.45, 7) is 8.62. The fourth-order valence-corrected chi connectivity index (χ4v) is 1.07. The zero-order valence-corrected chi connectivity index (χ0v) is 12.8. The van der Waals surface area contributed by atoms with E-state index < -0.39 is 0 Å². The van der Waals surface area contributed by atoms with Crippen LogP contribution in [-0.2, 0) is 14.2 Å². The Labute approximate surface area is 117 Å². The molecule has 0 amide bonds. The molecule has 0 saturated heterocycles. The van der Waals surface area contributed by atoms with Crippen LogP contribution in [0, 0.1) is 0 Å². The van der Waals surface area contributed by atoms with Gasteiger partial charge in [-0.05, 0) is 19.8 Å². The summed E-state index contributed by atoms with van der Waals surface area (Å²) in [4.78, 5) is 0. The number of ether oxygens (including phenoxy) is 3. The van der Waals surface area contributed by atoms with Gasteiger partial charge in [-0.15, -0.1) is 0 Å². The highest BCUT2D eigenvalue weighted by Gasteiger charge is 1.99. The molecule has 0 radical (unpaired) electrons. The lowest BCUT2D eigenvalue weighted by atomic mass is 10.4. The second-order valence-electron chi connectivity index (χ2n) is 4.08. The van der Waals surface area contributed by atoms with Gasteiger partial charge >= 0.3 is 0 Å². The normalized spacial score (nSPS) is 10.4. The first kappa shape index (κ1) is 21.1. The van der Waals surface area contributed by atoms with Gasteiger partial charge in [-0.1, -0.05) is 26.7 Å². The van der Waals surface area contributed by atoms with Crippen molar-refractivity contribution in [1.29, 1.82) is 0 Å². The van der Waals surface area contributed by atoms with Crippen molar-refractivity contribution in [3.63, 3.8) is 0 Å². The molecule has 0 heterocycles. The van der Waals surface area contributed by atoms with Crippen LogP contribution in [0.5, 0.6) is 0 Å². The lowest BCUT2D eigenvalue weighted by Gasteiger charge is -2.13. The molecule has 0 aromatic carbocycles. The standard InChI is InChI=1S/C10H22O2.C4H10O3/c1-4-6-8-11-10(3)12-9-7-5-2;5-1-3-7-4-2-6/h10H,4-9H2,1-3H3;5-6H,1-4H2. The molecule has 5 heteroatoms. The largest absolute Gasteiger partial charge is 0.394 e. The third-order valence-corrected chi connectivity index (χ3v) is 2.17. The van der Waals surface area contributed by atoms with Crippen LogP contribution in [-0.4, -0.2) is 56.1 Å². The van der Waals surface area contributed by atoms with E-state index in [0.717, 1.165) is 26.1 Å². The Balaban J connectivity index is 0. The second-order valence-corrected chi connectivity index (χ2v) is 4.08. The van der Waals surface area contributed by atoms with Gasteiger partial charge in [-0.2, -0.15) is 0 Å². The van der Waals surface area contributed by atoms with Crippen LogP contribution in [0.3, 0.4) is 0 Å². The summed E-state index contributed by atoms with van der Waals surface area (Å²) in [5.41, 5.74) is 0. The Morgan fingerprint density at radius 3 is 1.53 bits per heavy atom. The quantitative estimate of drug-likeness (QED) is 0.422. The number of rotatable bonds is 12. The second kappa shape index (κ2) is 20.1. The van der Waals surface area contributed by atoms with Crippen molar-refractivity contribution in [2.75, 3.05) is 39.6 Å². The van der Waals surface area contributed by atoms with E-state index >= 15 is 0 Å². The van der Waals surface area contributed by atoms with E-state index in [0.29, 0.717) is 13.2 Å². The number of aliphatic hydroxyl groups excluding tert-OH is 2. The Bertz CT molecular complexity index is 130. The molecule has 0 spiro atoms. The highest BCUT2D eigenvalue weighted by atomic mass is 16.7. The summed E-state index contributed by atoms with van der Waals surface area (Å²) in [6, 6.07) is 0. The predicted molar refractivity (Wildman–Crippen MR) is 76.2 cm³/mol. The molecule has 0 atom stereocenters. The average Bonchev–Trinajstić information content (AvgIpc) is 2.41. The van der Waals surface area contributed by atoms with Crippen LogP contribution < -0.4 is 0 Å². The predicted octanol–water partition coefficient (Wildman–Crippen LogP) is 1.95. The molecule has 0 rings (SSSR count). The Morgan fingerprint density at radius 1 is 0.789 bits per heavy atom. The molecule has 2 N–H and O–H groups in total. The van der Waals surface area contributed by atoms with E-state index in [-0.39, 0.29) is 19.5 Å². The van der Waals surface area contributed by atoms with Crippen molar-refractivity contribution in [3.8, 4) is 0 Å². The van der Waals surface area contributed by atoms with E-state index in [1.54, 1.807) is 0 Å². The van der Waals surface area contributed by atoms with Crippen LogP contribution in [0.2, 0.25) is 0 Å². The Morgan fingerprint density at radius 2 is 1.21 bits per heavy atom. The average molecular weight is 280 g/mol.